The van der Waals surface area contributed by atoms with Crippen LogP contribution in [-0.4, -0.2) is 37.2 Å². The Kier molecular flexibility index (Phi) is 3.95. The van der Waals surface area contributed by atoms with Crippen molar-refractivity contribution in [1.29, 1.82) is 0 Å². The van der Waals surface area contributed by atoms with E-state index in [0.717, 1.165) is 32.0 Å². The first-order valence-electron chi connectivity index (χ1n) is 5.68. The third-order valence-corrected chi connectivity index (χ3v) is 3.03. The highest BCUT2D eigenvalue weighted by Crippen LogP contribution is 2.21. The fraction of sp³-hybridized carbons (Fsp3) is 0.636. The molecule has 0 aliphatic carbocycles. The maximum Gasteiger partial charge on any atom is 0.124 e. The Morgan fingerprint density at radius 1 is 1.69 bits per heavy atom. The van der Waals surface area contributed by atoms with Crippen molar-refractivity contribution in [2.24, 2.45) is 5.84 Å². The molecule has 0 amide bonds. The highest BCUT2D eigenvalue weighted by atomic mass is 16.5. The fourth-order valence-electron chi connectivity index (χ4n) is 2.06. The molecule has 0 saturated carbocycles. The normalized spacial score (nSPS) is 24.5. The molecule has 1 aromatic heterocycles. The molecule has 16 heavy (non-hydrogen) atoms. The Balaban J connectivity index is 2.03. The van der Waals surface area contributed by atoms with Gasteiger partial charge in [0.25, 0.3) is 0 Å². The zero-order valence-corrected chi connectivity index (χ0v) is 9.56. The molecule has 2 heterocycles. The number of furan rings is 1. The van der Waals surface area contributed by atoms with E-state index >= 15 is 0 Å². The highest BCUT2D eigenvalue weighted by molar-refractivity contribution is 5.07. The van der Waals surface area contributed by atoms with Crippen LogP contribution in [0.3, 0.4) is 0 Å². The van der Waals surface area contributed by atoms with E-state index in [-0.39, 0.29) is 12.1 Å². The van der Waals surface area contributed by atoms with E-state index in [2.05, 4.69) is 17.2 Å². The molecule has 1 saturated heterocycles. The van der Waals surface area contributed by atoms with E-state index < -0.39 is 0 Å². The molecule has 5 heteroatoms. The van der Waals surface area contributed by atoms with Gasteiger partial charge in [-0.3, -0.25) is 10.7 Å². The smallest absolute Gasteiger partial charge is 0.124 e. The molecule has 0 aromatic carbocycles. The number of ether oxygens (including phenoxy) is 1. The van der Waals surface area contributed by atoms with Gasteiger partial charge in [-0.25, -0.2) is 5.43 Å². The molecule has 1 aliphatic rings. The predicted octanol–water partition coefficient (Wildman–Crippen LogP) is 0.505. The molecule has 1 aromatic rings. The lowest BCUT2D eigenvalue weighted by atomic mass is 10.1. The van der Waals surface area contributed by atoms with Crippen molar-refractivity contribution < 1.29 is 9.15 Å². The van der Waals surface area contributed by atoms with E-state index in [4.69, 9.17) is 15.0 Å². The van der Waals surface area contributed by atoms with Crippen molar-refractivity contribution in [3.63, 3.8) is 0 Å². The second-order valence-corrected chi connectivity index (χ2v) is 3.96. The lowest BCUT2D eigenvalue weighted by molar-refractivity contribution is -0.0489. The van der Waals surface area contributed by atoms with Gasteiger partial charge in [0.15, 0.2) is 0 Å². The van der Waals surface area contributed by atoms with Crippen molar-refractivity contribution in [3.8, 4) is 0 Å². The van der Waals surface area contributed by atoms with Crippen molar-refractivity contribution in [3.05, 3.63) is 24.2 Å². The second kappa shape index (κ2) is 5.45. The van der Waals surface area contributed by atoms with Crippen LogP contribution in [0, 0.1) is 0 Å². The molecular formula is C11H19N3O2. The summed E-state index contributed by atoms with van der Waals surface area (Å²) in [5.74, 6) is 6.40. The Morgan fingerprint density at radius 2 is 2.56 bits per heavy atom. The summed E-state index contributed by atoms with van der Waals surface area (Å²) in [4.78, 5) is 2.35. The monoisotopic (exact) mass is 225 g/mol. The minimum atomic E-state index is -0.0793. The lowest BCUT2D eigenvalue weighted by Crippen LogP contribution is -2.49. The molecule has 2 rings (SSSR count). The molecule has 0 radical (unpaired) electrons. The summed E-state index contributed by atoms with van der Waals surface area (Å²) in [6.45, 7) is 5.81. The van der Waals surface area contributed by atoms with E-state index in [1.165, 1.54) is 0 Å². The van der Waals surface area contributed by atoms with Crippen LogP contribution >= 0.6 is 0 Å². The van der Waals surface area contributed by atoms with Crippen molar-refractivity contribution in [2.75, 3.05) is 26.2 Å². The largest absolute Gasteiger partial charge is 0.468 e. The minimum absolute atomic E-state index is 0.0462. The molecule has 5 nitrogen and oxygen atoms in total. The number of hydrogen-bond donors (Lipinski definition) is 2. The molecule has 2 unspecified atom stereocenters. The van der Waals surface area contributed by atoms with Gasteiger partial charge in [-0.1, -0.05) is 6.92 Å². The first-order valence-corrected chi connectivity index (χ1v) is 5.68. The SMILES string of the molecule is CCN1CCOC(C(NN)c2ccco2)C1. The number of nitrogens with one attached hydrogen (secondary N) is 1. The van der Waals surface area contributed by atoms with Gasteiger partial charge in [-0.2, -0.15) is 0 Å². The van der Waals surface area contributed by atoms with E-state index in [1.54, 1.807) is 6.26 Å². The van der Waals surface area contributed by atoms with Crippen LogP contribution in [-0.2, 0) is 4.74 Å². The van der Waals surface area contributed by atoms with Gasteiger partial charge >= 0.3 is 0 Å². The maximum atomic E-state index is 5.74. The van der Waals surface area contributed by atoms with Gasteiger partial charge < -0.3 is 9.15 Å². The second-order valence-electron chi connectivity index (χ2n) is 3.96. The Morgan fingerprint density at radius 3 is 3.19 bits per heavy atom. The van der Waals surface area contributed by atoms with E-state index in [9.17, 15) is 0 Å². The minimum Gasteiger partial charge on any atom is -0.468 e. The zero-order chi connectivity index (χ0) is 11.4. The number of rotatable bonds is 4. The Labute approximate surface area is 95.5 Å². The summed E-state index contributed by atoms with van der Waals surface area (Å²) in [5.41, 5.74) is 2.77. The summed E-state index contributed by atoms with van der Waals surface area (Å²) in [5, 5.41) is 0. The van der Waals surface area contributed by atoms with Crippen LogP contribution < -0.4 is 11.3 Å². The molecule has 1 aliphatic heterocycles. The van der Waals surface area contributed by atoms with Crippen LogP contribution in [0.5, 0.6) is 0 Å². The first-order chi connectivity index (χ1) is 7.85. The van der Waals surface area contributed by atoms with Gasteiger partial charge in [-0.15, -0.1) is 0 Å². The Bertz CT molecular complexity index is 302. The maximum absolute atomic E-state index is 5.74. The number of likely N-dealkylation sites (N-methyl/N-ethyl adjacent to an activating group) is 1. The summed E-state index contributed by atoms with van der Waals surface area (Å²) < 4.78 is 11.1. The summed E-state index contributed by atoms with van der Waals surface area (Å²) in [6.07, 6.45) is 1.70. The summed E-state index contributed by atoms with van der Waals surface area (Å²) >= 11 is 0. The molecule has 1 fully saturated rings. The number of hydrazine groups is 1. The van der Waals surface area contributed by atoms with Gasteiger partial charge in [0.05, 0.1) is 19.0 Å². The van der Waals surface area contributed by atoms with Gasteiger partial charge in [0.2, 0.25) is 0 Å². The van der Waals surface area contributed by atoms with Crippen molar-refractivity contribution in [2.45, 2.75) is 19.1 Å². The Hall–Kier alpha value is -0.880. The molecule has 3 N–H and O–H groups in total. The van der Waals surface area contributed by atoms with Crippen molar-refractivity contribution >= 4 is 0 Å². The van der Waals surface area contributed by atoms with Crippen LogP contribution in [0.4, 0.5) is 0 Å². The van der Waals surface area contributed by atoms with Gasteiger partial charge in [-0.05, 0) is 18.7 Å². The number of hydrogen-bond acceptors (Lipinski definition) is 5. The topological polar surface area (TPSA) is 63.7 Å². The van der Waals surface area contributed by atoms with Crippen LogP contribution in [0.1, 0.15) is 18.7 Å². The average Bonchev–Trinajstić information content (AvgIpc) is 2.84. The van der Waals surface area contributed by atoms with Crippen molar-refractivity contribution in [1.82, 2.24) is 10.3 Å². The fourth-order valence-corrected chi connectivity index (χ4v) is 2.06. The standard InChI is InChI=1S/C11H19N3O2/c1-2-14-5-7-16-10(8-14)11(13-12)9-4-3-6-15-9/h3-4,6,10-11,13H,2,5,7-8,12H2,1H3. The predicted molar refractivity (Wildman–Crippen MR) is 60.6 cm³/mol. The third-order valence-electron chi connectivity index (χ3n) is 3.03. The number of nitrogens with zero attached hydrogens (tertiary/aromatic N) is 1. The van der Waals surface area contributed by atoms with Gasteiger partial charge in [0.1, 0.15) is 11.8 Å². The third kappa shape index (κ3) is 2.44. The highest BCUT2D eigenvalue weighted by Gasteiger charge is 2.29. The summed E-state index contributed by atoms with van der Waals surface area (Å²) in [7, 11) is 0. The van der Waals surface area contributed by atoms with Gasteiger partial charge in [0, 0.05) is 13.1 Å². The quantitative estimate of drug-likeness (QED) is 0.577. The first kappa shape index (κ1) is 11.6. The zero-order valence-electron chi connectivity index (χ0n) is 9.56. The summed E-state index contributed by atoms with van der Waals surface area (Å²) in [6, 6.07) is 3.70. The van der Waals surface area contributed by atoms with E-state index in [1.807, 2.05) is 12.1 Å². The average molecular weight is 225 g/mol. The number of morpholine rings is 1. The van der Waals surface area contributed by atoms with Crippen LogP contribution in [0.25, 0.3) is 0 Å². The molecule has 90 valence electrons. The molecule has 2 atom stereocenters. The molecular weight excluding hydrogens is 206 g/mol. The lowest BCUT2D eigenvalue weighted by Gasteiger charge is -2.35. The van der Waals surface area contributed by atoms with Crippen LogP contribution in [0.15, 0.2) is 22.8 Å². The van der Waals surface area contributed by atoms with Crippen LogP contribution in [0.2, 0.25) is 0 Å². The number of nitrogens with two attached hydrogens (primary N) is 1. The van der Waals surface area contributed by atoms with E-state index in [0.29, 0.717) is 0 Å². The molecule has 0 bridgehead atoms. The molecule has 0 spiro atoms.